The molecule has 0 aliphatic carbocycles. The van der Waals surface area contributed by atoms with Crippen LogP contribution in [0.3, 0.4) is 0 Å². The van der Waals surface area contributed by atoms with Gasteiger partial charge in [0.1, 0.15) is 0 Å². The van der Waals surface area contributed by atoms with Gasteiger partial charge in [-0.15, -0.1) is 0 Å². The van der Waals surface area contributed by atoms with Crippen molar-refractivity contribution < 1.29 is 4.79 Å². The highest BCUT2D eigenvalue weighted by Crippen LogP contribution is 2.13. The molecule has 0 unspecified atom stereocenters. The highest BCUT2D eigenvalue weighted by molar-refractivity contribution is 5.94. The van der Waals surface area contributed by atoms with Crippen LogP contribution in [0.4, 0.5) is 5.69 Å². The topological polar surface area (TPSA) is 59.4 Å². The Morgan fingerprint density at radius 2 is 2.00 bits per heavy atom. The molecule has 1 aliphatic rings. The van der Waals surface area contributed by atoms with Crippen molar-refractivity contribution in [3.05, 3.63) is 29.8 Å². The number of likely N-dealkylation sites (N-methyl/N-ethyl adjacent to an activating group) is 1. The number of carbonyl (C=O) groups excluding carboxylic acids is 1. The maximum atomic E-state index is 12.2. The Labute approximate surface area is 113 Å². The minimum Gasteiger partial charge on any atom is -0.314 e. The Morgan fingerprint density at radius 3 is 2.58 bits per heavy atom. The fraction of sp³-hybridized carbons (Fsp3) is 0.429. The van der Waals surface area contributed by atoms with Gasteiger partial charge in [-0.25, -0.2) is 0 Å². The SMILES string of the molecule is CN(C(=O)CN1CCNCC1)c1ccc(C#N)cc1. The first-order valence-electron chi connectivity index (χ1n) is 6.40. The maximum absolute atomic E-state index is 12.2. The smallest absolute Gasteiger partial charge is 0.240 e. The lowest BCUT2D eigenvalue weighted by atomic mass is 10.2. The number of nitriles is 1. The number of carbonyl (C=O) groups is 1. The molecule has 0 atom stereocenters. The third-order valence-corrected chi connectivity index (χ3v) is 3.33. The van der Waals surface area contributed by atoms with Crippen molar-refractivity contribution in [1.29, 1.82) is 5.26 Å². The minimum absolute atomic E-state index is 0.0756. The first-order valence-corrected chi connectivity index (χ1v) is 6.40. The summed E-state index contributed by atoms with van der Waals surface area (Å²) in [5.74, 6) is 0.0756. The van der Waals surface area contributed by atoms with Crippen molar-refractivity contribution in [3.8, 4) is 6.07 Å². The van der Waals surface area contributed by atoms with Gasteiger partial charge in [-0.2, -0.15) is 5.26 Å². The number of rotatable bonds is 3. The first kappa shape index (κ1) is 13.5. The minimum atomic E-state index is 0.0756. The van der Waals surface area contributed by atoms with E-state index in [0.29, 0.717) is 12.1 Å². The second-order valence-corrected chi connectivity index (χ2v) is 4.64. The molecular formula is C14H18N4O. The van der Waals surface area contributed by atoms with Gasteiger partial charge in [-0.3, -0.25) is 9.69 Å². The Balaban J connectivity index is 1.95. The van der Waals surface area contributed by atoms with Crippen molar-refractivity contribution in [2.75, 3.05) is 44.7 Å². The zero-order valence-corrected chi connectivity index (χ0v) is 11.1. The van der Waals surface area contributed by atoms with Crippen LogP contribution in [-0.4, -0.2) is 50.6 Å². The van der Waals surface area contributed by atoms with E-state index >= 15 is 0 Å². The molecule has 1 N–H and O–H groups in total. The van der Waals surface area contributed by atoms with E-state index in [1.165, 1.54) is 0 Å². The lowest BCUT2D eigenvalue weighted by Gasteiger charge is -2.28. The number of anilines is 1. The van der Waals surface area contributed by atoms with E-state index < -0.39 is 0 Å². The fourth-order valence-electron chi connectivity index (χ4n) is 2.07. The van der Waals surface area contributed by atoms with Crippen LogP contribution in [-0.2, 0) is 4.79 Å². The largest absolute Gasteiger partial charge is 0.314 e. The van der Waals surface area contributed by atoms with E-state index in [2.05, 4.69) is 16.3 Å². The summed E-state index contributed by atoms with van der Waals surface area (Å²) >= 11 is 0. The molecule has 1 aromatic rings. The van der Waals surface area contributed by atoms with Gasteiger partial charge in [0.05, 0.1) is 18.2 Å². The van der Waals surface area contributed by atoms with Crippen LogP contribution in [0.15, 0.2) is 24.3 Å². The quantitative estimate of drug-likeness (QED) is 0.854. The molecule has 100 valence electrons. The third-order valence-electron chi connectivity index (χ3n) is 3.33. The summed E-state index contributed by atoms with van der Waals surface area (Å²) in [6.45, 7) is 4.14. The van der Waals surface area contributed by atoms with E-state index in [-0.39, 0.29) is 5.91 Å². The molecule has 19 heavy (non-hydrogen) atoms. The molecule has 0 spiro atoms. The number of piperazine rings is 1. The highest BCUT2D eigenvalue weighted by atomic mass is 16.2. The van der Waals surface area contributed by atoms with Crippen molar-refractivity contribution in [1.82, 2.24) is 10.2 Å². The third kappa shape index (κ3) is 3.53. The summed E-state index contributed by atoms with van der Waals surface area (Å²) < 4.78 is 0. The molecule has 2 rings (SSSR count). The number of nitrogens with one attached hydrogen (secondary N) is 1. The zero-order chi connectivity index (χ0) is 13.7. The molecule has 5 nitrogen and oxygen atoms in total. The molecule has 0 radical (unpaired) electrons. The van der Waals surface area contributed by atoms with Gasteiger partial charge in [0.15, 0.2) is 0 Å². The molecule has 0 aromatic heterocycles. The predicted molar refractivity (Wildman–Crippen MR) is 73.9 cm³/mol. The van der Waals surface area contributed by atoms with Crippen LogP contribution in [0.2, 0.25) is 0 Å². The summed E-state index contributed by atoms with van der Waals surface area (Å²) in [5, 5.41) is 12.0. The van der Waals surface area contributed by atoms with Crippen molar-refractivity contribution in [3.63, 3.8) is 0 Å². The summed E-state index contributed by atoms with van der Waals surface area (Å²) in [5.41, 5.74) is 1.42. The molecule has 0 bridgehead atoms. The summed E-state index contributed by atoms with van der Waals surface area (Å²) in [4.78, 5) is 16.0. The van der Waals surface area contributed by atoms with Gasteiger partial charge < -0.3 is 10.2 Å². The van der Waals surface area contributed by atoms with E-state index in [1.807, 2.05) is 0 Å². The Kier molecular flexibility index (Phi) is 4.50. The number of nitrogens with zero attached hydrogens (tertiary/aromatic N) is 3. The van der Waals surface area contributed by atoms with Gasteiger partial charge in [0.2, 0.25) is 5.91 Å². The number of amides is 1. The van der Waals surface area contributed by atoms with Crippen LogP contribution >= 0.6 is 0 Å². The van der Waals surface area contributed by atoms with Crippen molar-refractivity contribution >= 4 is 11.6 Å². The van der Waals surface area contributed by atoms with Crippen molar-refractivity contribution in [2.45, 2.75) is 0 Å². The highest BCUT2D eigenvalue weighted by Gasteiger charge is 2.17. The Hall–Kier alpha value is -1.90. The van der Waals surface area contributed by atoms with E-state index in [4.69, 9.17) is 5.26 Å². The van der Waals surface area contributed by atoms with Crippen LogP contribution in [0.1, 0.15) is 5.56 Å². The summed E-state index contributed by atoms with van der Waals surface area (Å²) in [6.07, 6.45) is 0. The molecule has 5 heteroatoms. The van der Waals surface area contributed by atoms with E-state index in [9.17, 15) is 4.79 Å². The van der Waals surface area contributed by atoms with Crippen LogP contribution in [0, 0.1) is 11.3 Å². The summed E-state index contributed by atoms with van der Waals surface area (Å²) in [6, 6.07) is 9.12. The molecule has 1 heterocycles. The molecule has 1 amide bonds. The molecule has 0 saturated carbocycles. The normalized spacial score (nSPS) is 15.8. The average molecular weight is 258 g/mol. The second-order valence-electron chi connectivity index (χ2n) is 4.64. The number of hydrogen-bond donors (Lipinski definition) is 1. The van der Waals surface area contributed by atoms with Crippen LogP contribution in [0.25, 0.3) is 0 Å². The number of benzene rings is 1. The van der Waals surface area contributed by atoms with Crippen molar-refractivity contribution in [2.24, 2.45) is 0 Å². The summed E-state index contributed by atoms with van der Waals surface area (Å²) in [7, 11) is 1.77. The first-order chi connectivity index (χ1) is 9.20. The van der Waals surface area contributed by atoms with Crippen LogP contribution in [0.5, 0.6) is 0 Å². The molecule has 1 saturated heterocycles. The second kappa shape index (κ2) is 6.32. The molecule has 1 aliphatic heterocycles. The zero-order valence-electron chi connectivity index (χ0n) is 11.1. The Morgan fingerprint density at radius 1 is 1.37 bits per heavy atom. The van der Waals surface area contributed by atoms with E-state index in [1.54, 1.807) is 36.2 Å². The van der Waals surface area contributed by atoms with Gasteiger partial charge in [-0.1, -0.05) is 0 Å². The van der Waals surface area contributed by atoms with Gasteiger partial charge in [-0.05, 0) is 24.3 Å². The predicted octanol–water partition coefficient (Wildman–Crippen LogP) is 0.426. The maximum Gasteiger partial charge on any atom is 0.240 e. The lowest BCUT2D eigenvalue weighted by molar-refractivity contribution is -0.119. The van der Waals surface area contributed by atoms with Gasteiger partial charge in [0.25, 0.3) is 0 Å². The fourth-order valence-corrected chi connectivity index (χ4v) is 2.07. The standard InChI is InChI=1S/C14H18N4O/c1-17(13-4-2-12(10-15)3-5-13)14(19)11-18-8-6-16-7-9-18/h2-5,16H,6-9,11H2,1H3. The monoisotopic (exact) mass is 258 g/mol. The molecule has 1 aromatic carbocycles. The molecular weight excluding hydrogens is 240 g/mol. The van der Waals surface area contributed by atoms with Crippen LogP contribution < -0.4 is 10.2 Å². The average Bonchev–Trinajstić information content (AvgIpc) is 2.47. The Bertz CT molecular complexity index is 471. The van der Waals surface area contributed by atoms with Gasteiger partial charge >= 0.3 is 0 Å². The van der Waals surface area contributed by atoms with E-state index in [0.717, 1.165) is 31.9 Å². The van der Waals surface area contributed by atoms with Gasteiger partial charge in [0, 0.05) is 38.9 Å². The lowest BCUT2D eigenvalue weighted by Crippen LogP contribution is -2.47. The molecule has 1 fully saturated rings. The number of hydrogen-bond acceptors (Lipinski definition) is 4.